The Kier molecular flexibility index (Phi) is 4.45. The lowest BCUT2D eigenvalue weighted by Gasteiger charge is -2.11. The average molecular weight is 349 g/mol. The number of sulfonamides is 1. The maximum Gasteiger partial charge on any atom is 0.339 e. The number of benzene rings is 1. The molecule has 0 amide bonds. The van der Waals surface area contributed by atoms with Gasteiger partial charge in [-0.15, -0.1) is 0 Å². The first-order valence-electron chi connectivity index (χ1n) is 6.37. The molecule has 0 saturated carbocycles. The summed E-state index contributed by atoms with van der Waals surface area (Å²) in [6.45, 7) is -0.0369. The van der Waals surface area contributed by atoms with Gasteiger partial charge in [0.15, 0.2) is 9.84 Å². The standard InChI is InChI=1S/C12H15NO7S2/c14-11-2-1-9(5-10(11)12(15)16)22(19,20)13-6-8-3-4-21(17,18)7-8/h1-2,5,8,13-14H,3-4,6-7H2,(H,15,16). The van der Waals surface area contributed by atoms with Crippen molar-refractivity contribution in [3.05, 3.63) is 23.8 Å². The lowest BCUT2D eigenvalue weighted by atomic mass is 10.1. The first-order chi connectivity index (χ1) is 10.1. The number of sulfone groups is 1. The van der Waals surface area contributed by atoms with Gasteiger partial charge in [0.05, 0.1) is 16.4 Å². The van der Waals surface area contributed by atoms with E-state index in [4.69, 9.17) is 5.11 Å². The van der Waals surface area contributed by atoms with Gasteiger partial charge in [0.2, 0.25) is 10.0 Å². The van der Waals surface area contributed by atoms with Crippen LogP contribution in [0.25, 0.3) is 0 Å². The number of phenols is 1. The fraction of sp³-hybridized carbons (Fsp3) is 0.417. The highest BCUT2D eigenvalue weighted by molar-refractivity contribution is 7.91. The van der Waals surface area contributed by atoms with Crippen molar-refractivity contribution in [3.63, 3.8) is 0 Å². The maximum atomic E-state index is 12.1. The molecule has 1 heterocycles. The van der Waals surface area contributed by atoms with Gasteiger partial charge in [0.25, 0.3) is 0 Å². The molecule has 1 aromatic rings. The summed E-state index contributed by atoms with van der Waals surface area (Å²) >= 11 is 0. The molecule has 3 N–H and O–H groups in total. The second-order valence-electron chi connectivity index (χ2n) is 5.11. The fourth-order valence-corrected chi connectivity index (χ4v) is 5.20. The third-order valence-corrected chi connectivity index (χ3v) is 6.66. The molecule has 1 fully saturated rings. The summed E-state index contributed by atoms with van der Waals surface area (Å²) in [7, 11) is -7.07. The highest BCUT2D eigenvalue weighted by Gasteiger charge is 2.29. The van der Waals surface area contributed by atoms with E-state index in [1.165, 1.54) is 0 Å². The molecule has 1 aliphatic rings. The summed E-state index contributed by atoms with van der Waals surface area (Å²) in [4.78, 5) is 10.6. The van der Waals surface area contributed by atoms with Gasteiger partial charge in [-0.05, 0) is 30.5 Å². The van der Waals surface area contributed by atoms with Crippen molar-refractivity contribution in [2.45, 2.75) is 11.3 Å². The minimum absolute atomic E-state index is 0.0369. The molecule has 122 valence electrons. The lowest BCUT2D eigenvalue weighted by molar-refractivity contribution is 0.0693. The number of carboxylic acid groups (broad SMARTS) is 1. The number of hydrogen-bond acceptors (Lipinski definition) is 6. The van der Waals surface area contributed by atoms with Gasteiger partial charge in [0, 0.05) is 6.54 Å². The van der Waals surface area contributed by atoms with Crippen LogP contribution >= 0.6 is 0 Å². The van der Waals surface area contributed by atoms with Crippen molar-refractivity contribution in [2.24, 2.45) is 5.92 Å². The predicted molar refractivity (Wildman–Crippen MR) is 77.0 cm³/mol. The van der Waals surface area contributed by atoms with Gasteiger partial charge in [0.1, 0.15) is 11.3 Å². The minimum Gasteiger partial charge on any atom is -0.507 e. The normalized spacial score (nSPS) is 20.8. The second-order valence-corrected chi connectivity index (χ2v) is 9.10. The maximum absolute atomic E-state index is 12.1. The van der Waals surface area contributed by atoms with Crippen LogP contribution in [0.5, 0.6) is 5.75 Å². The van der Waals surface area contributed by atoms with Crippen LogP contribution in [0.3, 0.4) is 0 Å². The highest BCUT2D eigenvalue weighted by Crippen LogP contribution is 2.22. The van der Waals surface area contributed by atoms with Gasteiger partial charge in [-0.2, -0.15) is 0 Å². The molecule has 0 aliphatic carbocycles. The van der Waals surface area contributed by atoms with E-state index in [0.29, 0.717) is 6.42 Å². The molecular weight excluding hydrogens is 334 g/mol. The molecule has 2 rings (SSSR count). The van der Waals surface area contributed by atoms with E-state index in [-0.39, 0.29) is 28.9 Å². The number of aromatic carboxylic acids is 1. The summed E-state index contributed by atoms with van der Waals surface area (Å²) in [5.74, 6) is -2.30. The third-order valence-electron chi connectivity index (χ3n) is 3.40. The van der Waals surface area contributed by atoms with Crippen molar-refractivity contribution < 1.29 is 31.8 Å². The molecule has 1 saturated heterocycles. The van der Waals surface area contributed by atoms with Crippen molar-refractivity contribution in [2.75, 3.05) is 18.1 Å². The highest BCUT2D eigenvalue weighted by atomic mass is 32.2. The first kappa shape index (κ1) is 16.7. The quantitative estimate of drug-likeness (QED) is 0.669. The van der Waals surface area contributed by atoms with Crippen LogP contribution in [0.4, 0.5) is 0 Å². The monoisotopic (exact) mass is 349 g/mol. The van der Waals surface area contributed by atoms with Gasteiger partial charge in [-0.25, -0.2) is 26.4 Å². The zero-order chi connectivity index (χ0) is 16.5. The topological polar surface area (TPSA) is 138 Å². The van der Waals surface area contributed by atoms with Crippen LogP contribution in [-0.4, -0.2) is 51.1 Å². The Morgan fingerprint density at radius 1 is 1.36 bits per heavy atom. The van der Waals surface area contributed by atoms with Gasteiger partial charge >= 0.3 is 5.97 Å². The van der Waals surface area contributed by atoms with Crippen LogP contribution < -0.4 is 4.72 Å². The van der Waals surface area contributed by atoms with Crippen LogP contribution in [-0.2, 0) is 19.9 Å². The largest absolute Gasteiger partial charge is 0.507 e. The predicted octanol–water partition coefficient (Wildman–Crippen LogP) is -0.197. The SMILES string of the molecule is O=C(O)c1cc(S(=O)(=O)NCC2CCS(=O)(=O)C2)ccc1O. The van der Waals surface area contributed by atoms with E-state index in [1.807, 2.05) is 0 Å². The summed E-state index contributed by atoms with van der Waals surface area (Å²) in [5, 5.41) is 18.2. The molecule has 0 radical (unpaired) electrons. The molecule has 10 heteroatoms. The number of carboxylic acids is 1. The summed E-state index contributed by atoms with van der Waals surface area (Å²) in [6, 6.07) is 2.92. The molecular formula is C12H15NO7S2. The van der Waals surface area contributed by atoms with Crippen LogP contribution in [0.1, 0.15) is 16.8 Å². The Balaban J connectivity index is 2.14. The van der Waals surface area contributed by atoms with E-state index in [1.54, 1.807) is 0 Å². The smallest absolute Gasteiger partial charge is 0.339 e. The van der Waals surface area contributed by atoms with Gasteiger partial charge in [-0.3, -0.25) is 0 Å². The molecule has 1 atom stereocenters. The molecule has 1 unspecified atom stereocenters. The van der Waals surface area contributed by atoms with Crippen molar-refractivity contribution in [3.8, 4) is 5.75 Å². The van der Waals surface area contributed by atoms with Gasteiger partial charge in [-0.1, -0.05) is 0 Å². The Morgan fingerprint density at radius 2 is 2.05 bits per heavy atom. The number of nitrogens with one attached hydrogen (secondary N) is 1. The molecule has 0 aromatic heterocycles. The average Bonchev–Trinajstić information content (AvgIpc) is 2.76. The summed E-state index contributed by atoms with van der Waals surface area (Å²) < 4.78 is 49.1. The Labute approximate surface area is 127 Å². The number of rotatable bonds is 5. The van der Waals surface area contributed by atoms with Crippen LogP contribution in [0.2, 0.25) is 0 Å². The van der Waals surface area contributed by atoms with E-state index in [0.717, 1.165) is 18.2 Å². The van der Waals surface area contributed by atoms with Crippen molar-refractivity contribution in [1.82, 2.24) is 4.72 Å². The Morgan fingerprint density at radius 3 is 2.59 bits per heavy atom. The molecule has 0 spiro atoms. The zero-order valence-electron chi connectivity index (χ0n) is 11.4. The molecule has 8 nitrogen and oxygen atoms in total. The third kappa shape index (κ3) is 3.76. The summed E-state index contributed by atoms with van der Waals surface area (Å²) in [6.07, 6.45) is 0.390. The van der Waals surface area contributed by atoms with E-state index in [2.05, 4.69) is 4.72 Å². The van der Waals surface area contributed by atoms with Crippen LogP contribution in [0.15, 0.2) is 23.1 Å². The number of hydrogen-bond donors (Lipinski definition) is 3. The minimum atomic E-state index is -3.98. The number of carbonyl (C=O) groups is 1. The fourth-order valence-electron chi connectivity index (χ4n) is 2.20. The first-order valence-corrected chi connectivity index (χ1v) is 9.67. The molecule has 22 heavy (non-hydrogen) atoms. The van der Waals surface area contributed by atoms with E-state index < -0.39 is 37.1 Å². The Bertz CT molecular complexity index is 799. The second kappa shape index (κ2) is 5.86. The molecule has 1 aromatic carbocycles. The van der Waals surface area contributed by atoms with Gasteiger partial charge < -0.3 is 10.2 Å². The van der Waals surface area contributed by atoms with E-state index >= 15 is 0 Å². The number of aromatic hydroxyl groups is 1. The van der Waals surface area contributed by atoms with E-state index in [9.17, 15) is 26.7 Å². The molecule has 1 aliphatic heterocycles. The molecule has 0 bridgehead atoms. The van der Waals surface area contributed by atoms with Crippen molar-refractivity contribution in [1.29, 1.82) is 0 Å². The lowest BCUT2D eigenvalue weighted by Crippen LogP contribution is -2.30. The Hall–Kier alpha value is -1.65. The summed E-state index contributed by atoms with van der Waals surface area (Å²) in [5.41, 5.74) is -0.522. The zero-order valence-corrected chi connectivity index (χ0v) is 13.0. The van der Waals surface area contributed by atoms with Crippen molar-refractivity contribution >= 4 is 25.8 Å². The van der Waals surface area contributed by atoms with Crippen LogP contribution in [0, 0.1) is 5.92 Å².